The minimum Gasteiger partial charge on any atom is -0.507 e. The molecule has 0 aliphatic heterocycles. The molecule has 92 valence electrons. The Labute approximate surface area is 92.0 Å². The van der Waals surface area contributed by atoms with E-state index in [0.717, 1.165) is 0 Å². The third-order valence-electron chi connectivity index (χ3n) is 1.77. The maximum atomic E-state index is 12.7. The van der Waals surface area contributed by atoms with Gasteiger partial charge in [-0.3, -0.25) is 4.79 Å². The summed E-state index contributed by atoms with van der Waals surface area (Å²) in [4.78, 5) is 10.5. The molecule has 1 N–H and O–H groups in total. The van der Waals surface area contributed by atoms with E-state index >= 15 is 0 Å². The van der Waals surface area contributed by atoms with Crippen molar-refractivity contribution in [1.82, 2.24) is 0 Å². The van der Waals surface area contributed by atoms with E-state index in [0.29, 0.717) is 12.1 Å². The van der Waals surface area contributed by atoms with Crippen LogP contribution in [0.5, 0.6) is 0 Å². The highest BCUT2D eigenvalue weighted by atomic mass is 19.3. The maximum Gasteiger partial charge on any atom is 0.300 e. The van der Waals surface area contributed by atoms with Gasteiger partial charge in [0.1, 0.15) is 5.76 Å². The number of ketones is 1. The Morgan fingerprint density at radius 3 is 2.06 bits per heavy atom. The molecular formula is C10H5F5O2. The molecule has 0 fully saturated rings. The van der Waals surface area contributed by atoms with Crippen LogP contribution in [-0.2, 0) is 4.79 Å². The van der Waals surface area contributed by atoms with E-state index in [1.807, 2.05) is 0 Å². The summed E-state index contributed by atoms with van der Waals surface area (Å²) in [6, 6.07) is 0.756. The van der Waals surface area contributed by atoms with E-state index in [1.165, 1.54) is 0 Å². The van der Waals surface area contributed by atoms with Gasteiger partial charge in [-0.25, -0.2) is 22.0 Å². The van der Waals surface area contributed by atoms with Gasteiger partial charge in [0.25, 0.3) is 6.43 Å². The lowest BCUT2D eigenvalue weighted by molar-refractivity contribution is -0.124. The number of carbonyl (C=O) groups excluding carboxylic acids is 1. The molecule has 0 unspecified atom stereocenters. The Morgan fingerprint density at radius 2 is 1.65 bits per heavy atom. The van der Waals surface area contributed by atoms with Crippen molar-refractivity contribution in [2.45, 2.75) is 6.43 Å². The van der Waals surface area contributed by atoms with Crippen molar-refractivity contribution >= 4 is 11.5 Å². The topological polar surface area (TPSA) is 37.3 Å². The largest absolute Gasteiger partial charge is 0.507 e. The van der Waals surface area contributed by atoms with Gasteiger partial charge in [0.05, 0.1) is 0 Å². The van der Waals surface area contributed by atoms with Gasteiger partial charge in [0.15, 0.2) is 17.5 Å². The first kappa shape index (κ1) is 13.1. The molecule has 17 heavy (non-hydrogen) atoms. The zero-order valence-corrected chi connectivity index (χ0v) is 8.05. The molecule has 1 rings (SSSR count). The van der Waals surface area contributed by atoms with Gasteiger partial charge in [0, 0.05) is 11.6 Å². The molecule has 0 aromatic heterocycles. The van der Waals surface area contributed by atoms with Crippen LogP contribution in [0.4, 0.5) is 22.0 Å². The van der Waals surface area contributed by atoms with Gasteiger partial charge in [-0.05, 0) is 12.1 Å². The van der Waals surface area contributed by atoms with Gasteiger partial charge < -0.3 is 5.11 Å². The van der Waals surface area contributed by atoms with E-state index < -0.39 is 41.0 Å². The smallest absolute Gasteiger partial charge is 0.300 e. The third-order valence-corrected chi connectivity index (χ3v) is 1.77. The van der Waals surface area contributed by atoms with Gasteiger partial charge in [-0.15, -0.1) is 0 Å². The number of carbonyl (C=O) groups is 1. The van der Waals surface area contributed by atoms with E-state index in [-0.39, 0.29) is 6.08 Å². The molecule has 0 aliphatic rings. The van der Waals surface area contributed by atoms with Crippen LogP contribution in [0.1, 0.15) is 5.56 Å². The molecule has 0 spiro atoms. The highest BCUT2D eigenvalue weighted by Gasteiger charge is 2.16. The summed E-state index contributed by atoms with van der Waals surface area (Å²) in [6.07, 6.45) is -3.25. The summed E-state index contributed by atoms with van der Waals surface area (Å²) in [5, 5.41) is 9.13. The molecule has 0 amide bonds. The van der Waals surface area contributed by atoms with Crippen LogP contribution in [0.25, 0.3) is 5.76 Å². The molecule has 0 bridgehead atoms. The number of aliphatic hydroxyl groups is 1. The average molecular weight is 252 g/mol. The molecule has 7 heteroatoms. The lowest BCUT2D eigenvalue weighted by Crippen LogP contribution is -2.07. The molecule has 0 heterocycles. The number of allylic oxidation sites excluding steroid dienone is 1. The van der Waals surface area contributed by atoms with E-state index in [9.17, 15) is 26.7 Å². The number of halogens is 5. The summed E-state index contributed by atoms with van der Waals surface area (Å²) in [5.41, 5.74) is -0.615. The normalized spacial score (nSPS) is 12.0. The zero-order chi connectivity index (χ0) is 13.2. The first-order valence-electron chi connectivity index (χ1n) is 4.20. The number of aliphatic hydroxyl groups excluding tert-OH is 1. The van der Waals surface area contributed by atoms with Crippen LogP contribution in [0.2, 0.25) is 0 Å². The average Bonchev–Trinajstić information content (AvgIpc) is 2.24. The molecule has 0 aliphatic carbocycles. The van der Waals surface area contributed by atoms with Crippen molar-refractivity contribution in [3.63, 3.8) is 0 Å². The van der Waals surface area contributed by atoms with Gasteiger partial charge in [0.2, 0.25) is 5.78 Å². The first-order chi connectivity index (χ1) is 7.82. The van der Waals surface area contributed by atoms with Crippen molar-refractivity contribution in [2.75, 3.05) is 0 Å². The molecule has 1 aromatic rings. The monoisotopic (exact) mass is 252 g/mol. The fraction of sp³-hybridized carbons (Fsp3) is 0.100. The number of alkyl halides is 2. The summed E-state index contributed by atoms with van der Waals surface area (Å²) >= 11 is 0. The Morgan fingerprint density at radius 1 is 1.18 bits per heavy atom. The van der Waals surface area contributed by atoms with Crippen molar-refractivity contribution < 1.29 is 31.9 Å². The SMILES string of the molecule is O=C(/C=C(\O)c1cc(F)c(F)c(F)c1)C(F)F. The lowest BCUT2D eigenvalue weighted by Gasteiger charge is -2.02. The Balaban J connectivity index is 3.13. The molecular weight excluding hydrogens is 247 g/mol. The second kappa shape index (κ2) is 4.94. The van der Waals surface area contributed by atoms with Crippen molar-refractivity contribution in [3.8, 4) is 0 Å². The molecule has 2 nitrogen and oxygen atoms in total. The predicted molar refractivity (Wildman–Crippen MR) is 47.9 cm³/mol. The minimum absolute atomic E-state index is 0.108. The first-order valence-corrected chi connectivity index (χ1v) is 4.20. The van der Waals surface area contributed by atoms with E-state index in [2.05, 4.69) is 0 Å². The Kier molecular flexibility index (Phi) is 3.82. The molecule has 0 atom stereocenters. The summed E-state index contributed by atoms with van der Waals surface area (Å²) in [5.74, 6) is -7.78. The number of hydrogen-bond acceptors (Lipinski definition) is 2. The molecule has 0 saturated carbocycles. The Bertz CT molecular complexity index is 459. The second-order valence-corrected chi connectivity index (χ2v) is 2.99. The van der Waals surface area contributed by atoms with E-state index in [1.54, 1.807) is 0 Å². The van der Waals surface area contributed by atoms with E-state index in [4.69, 9.17) is 5.11 Å². The highest BCUT2D eigenvalue weighted by Crippen LogP contribution is 2.19. The third kappa shape index (κ3) is 3.02. The van der Waals surface area contributed by atoms with Crippen LogP contribution in [0.15, 0.2) is 18.2 Å². The standard InChI is InChI=1S/C10H5F5O2/c11-5-1-4(2-6(12)9(5)13)7(16)3-8(17)10(14)15/h1-3,10,16H/b7-3-. The van der Waals surface area contributed by atoms with Gasteiger partial charge in [-0.2, -0.15) is 0 Å². The number of benzene rings is 1. The molecule has 1 aromatic carbocycles. The lowest BCUT2D eigenvalue weighted by atomic mass is 10.1. The zero-order valence-electron chi connectivity index (χ0n) is 8.05. The molecule has 0 radical (unpaired) electrons. The molecule has 0 saturated heterocycles. The van der Waals surface area contributed by atoms with Crippen LogP contribution in [0.3, 0.4) is 0 Å². The van der Waals surface area contributed by atoms with Gasteiger partial charge >= 0.3 is 0 Å². The van der Waals surface area contributed by atoms with Gasteiger partial charge in [-0.1, -0.05) is 0 Å². The van der Waals surface area contributed by atoms with Crippen molar-refractivity contribution in [1.29, 1.82) is 0 Å². The highest BCUT2D eigenvalue weighted by molar-refractivity contribution is 5.97. The number of rotatable bonds is 3. The summed E-state index contributed by atoms with van der Waals surface area (Å²) in [6.45, 7) is 0. The summed E-state index contributed by atoms with van der Waals surface area (Å²) in [7, 11) is 0. The van der Waals surface area contributed by atoms with Crippen molar-refractivity contribution in [2.24, 2.45) is 0 Å². The van der Waals surface area contributed by atoms with Crippen LogP contribution >= 0.6 is 0 Å². The summed E-state index contributed by atoms with van der Waals surface area (Å²) < 4.78 is 61.6. The van der Waals surface area contributed by atoms with Crippen LogP contribution in [-0.4, -0.2) is 17.3 Å². The second-order valence-electron chi connectivity index (χ2n) is 2.99. The minimum atomic E-state index is -3.35. The number of hydrogen-bond donors (Lipinski definition) is 1. The predicted octanol–water partition coefficient (Wildman–Crippen LogP) is 2.84. The van der Waals surface area contributed by atoms with Crippen LogP contribution < -0.4 is 0 Å². The van der Waals surface area contributed by atoms with Crippen LogP contribution in [0, 0.1) is 17.5 Å². The maximum absolute atomic E-state index is 12.7. The fourth-order valence-corrected chi connectivity index (χ4v) is 0.984. The Hall–Kier alpha value is -1.92. The fourth-order valence-electron chi connectivity index (χ4n) is 0.984. The quantitative estimate of drug-likeness (QED) is 0.388. The van der Waals surface area contributed by atoms with Crippen molar-refractivity contribution in [3.05, 3.63) is 41.2 Å².